The molecule has 0 aliphatic heterocycles. The summed E-state index contributed by atoms with van der Waals surface area (Å²) in [6.45, 7) is 0. The molecule has 0 atom stereocenters. The first-order chi connectivity index (χ1) is 12.3. The Morgan fingerprint density at radius 2 is 1.85 bits per heavy atom. The summed E-state index contributed by atoms with van der Waals surface area (Å²) in [4.78, 5) is 31.2. The van der Waals surface area contributed by atoms with Gasteiger partial charge in [0.15, 0.2) is 10.9 Å². The van der Waals surface area contributed by atoms with Crippen molar-refractivity contribution in [1.29, 1.82) is 0 Å². The predicted octanol–water partition coefficient (Wildman–Crippen LogP) is 3.55. The molecule has 3 aromatic heterocycles. The van der Waals surface area contributed by atoms with Gasteiger partial charge in [-0.25, -0.2) is 4.98 Å². The minimum Gasteiger partial charge on any atom is -0.463 e. The monoisotopic (exact) mass is 382 g/mol. The molecule has 0 bridgehead atoms. The third kappa shape index (κ3) is 3.88. The molecule has 0 fully saturated rings. The van der Waals surface area contributed by atoms with Gasteiger partial charge >= 0.3 is 12.1 Å². The molecule has 0 unspecified atom stereocenters. The van der Waals surface area contributed by atoms with Crippen molar-refractivity contribution in [3.05, 3.63) is 48.5 Å². The van der Waals surface area contributed by atoms with Crippen LogP contribution in [0, 0.1) is 0 Å². The summed E-state index contributed by atoms with van der Waals surface area (Å²) in [5, 5.41) is 4.00. The third-order valence-corrected chi connectivity index (χ3v) is 3.92. The van der Waals surface area contributed by atoms with Crippen LogP contribution in [0.1, 0.15) is 10.4 Å². The average molecular weight is 382 g/mol. The molecule has 11 heteroatoms. The number of carbonyl (C=O) groups is 2. The van der Waals surface area contributed by atoms with Crippen molar-refractivity contribution in [2.45, 2.75) is 6.18 Å². The molecule has 0 saturated carbocycles. The van der Waals surface area contributed by atoms with E-state index in [2.05, 4.69) is 15.3 Å². The van der Waals surface area contributed by atoms with Crippen molar-refractivity contribution in [3.8, 4) is 11.5 Å². The van der Waals surface area contributed by atoms with Crippen LogP contribution in [0.15, 0.2) is 47.3 Å². The molecule has 7 nitrogen and oxygen atoms in total. The number of hydrogen-bond donors (Lipinski definition) is 2. The largest absolute Gasteiger partial charge is 0.471 e. The van der Waals surface area contributed by atoms with Gasteiger partial charge in [-0.2, -0.15) is 13.2 Å². The molecule has 3 heterocycles. The first-order valence-electron chi connectivity index (χ1n) is 6.99. The lowest BCUT2D eigenvalue weighted by atomic mass is 10.2. The maximum absolute atomic E-state index is 12.5. The Hall–Kier alpha value is -3.21. The second-order valence-electron chi connectivity index (χ2n) is 4.82. The first-order valence-corrected chi connectivity index (χ1v) is 7.80. The van der Waals surface area contributed by atoms with Gasteiger partial charge in [-0.15, -0.1) is 0 Å². The normalized spacial score (nSPS) is 11.2. The van der Waals surface area contributed by atoms with Gasteiger partial charge in [0.25, 0.3) is 5.91 Å². The van der Waals surface area contributed by atoms with E-state index >= 15 is 0 Å². The maximum atomic E-state index is 12.5. The number of aromatic nitrogens is 2. The summed E-state index contributed by atoms with van der Waals surface area (Å²) < 4.78 is 42.7. The molecule has 2 N–H and O–H groups in total. The minimum atomic E-state index is -5.06. The van der Waals surface area contributed by atoms with Crippen molar-refractivity contribution in [2.75, 3.05) is 10.6 Å². The summed E-state index contributed by atoms with van der Waals surface area (Å²) in [7, 11) is 0. The number of pyridine rings is 1. The number of hydrogen-bond acceptors (Lipinski definition) is 6. The van der Waals surface area contributed by atoms with Crippen molar-refractivity contribution in [3.63, 3.8) is 0 Å². The summed E-state index contributed by atoms with van der Waals surface area (Å²) in [5.74, 6) is -2.54. The smallest absolute Gasteiger partial charge is 0.463 e. The molecule has 3 rings (SSSR count). The second-order valence-corrected chi connectivity index (χ2v) is 5.82. The zero-order valence-corrected chi connectivity index (χ0v) is 13.5. The average Bonchev–Trinajstić information content (AvgIpc) is 3.24. The molecule has 134 valence electrons. The van der Waals surface area contributed by atoms with Gasteiger partial charge in [0.1, 0.15) is 10.7 Å². The molecule has 26 heavy (non-hydrogen) atoms. The summed E-state index contributed by atoms with van der Waals surface area (Å²) in [6.07, 6.45) is -0.926. The zero-order valence-electron chi connectivity index (χ0n) is 12.7. The number of amides is 2. The maximum Gasteiger partial charge on any atom is 0.471 e. The number of nitrogens with zero attached hydrogens (tertiary/aromatic N) is 2. The standard InChI is InChI=1S/C15H9F3N4O3S/c16-15(17,18)13(24)22-12-10(9-2-1-7-25-9)20-14(26-12)21-11(23)8-3-5-19-6-4-8/h1-7H,(H,22,24)(H,20,21,23). The number of rotatable bonds is 4. The number of nitrogens with one attached hydrogen (secondary N) is 2. The van der Waals surface area contributed by atoms with E-state index in [1.54, 1.807) is 5.32 Å². The van der Waals surface area contributed by atoms with E-state index in [0.717, 1.165) is 0 Å². The third-order valence-electron chi connectivity index (χ3n) is 3.03. The van der Waals surface area contributed by atoms with E-state index in [1.807, 2.05) is 0 Å². The molecular formula is C15H9F3N4O3S. The fourth-order valence-electron chi connectivity index (χ4n) is 1.89. The van der Waals surface area contributed by atoms with E-state index in [9.17, 15) is 22.8 Å². The first kappa shape index (κ1) is 17.6. The number of halogens is 3. The van der Waals surface area contributed by atoms with Crippen LogP contribution >= 0.6 is 11.3 Å². The number of furan rings is 1. The fraction of sp³-hybridized carbons (Fsp3) is 0.0667. The number of anilines is 2. The highest BCUT2D eigenvalue weighted by Crippen LogP contribution is 2.37. The van der Waals surface area contributed by atoms with Gasteiger partial charge in [-0.3, -0.25) is 19.9 Å². The molecule has 0 aliphatic carbocycles. The number of thiazole rings is 1. The van der Waals surface area contributed by atoms with Crippen LogP contribution < -0.4 is 10.6 Å². The van der Waals surface area contributed by atoms with Crippen LogP contribution in [-0.4, -0.2) is 28.0 Å². The SMILES string of the molecule is O=C(Nc1nc(-c2ccco2)c(NC(=O)C(F)(F)F)s1)c1ccncc1. The van der Waals surface area contributed by atoms with E-state index in [-0.39, 0.29) is 27.2 Å². The van der Waals surface area contributed by atoms with Gasteiger partial charge < -0.3 is 9.73 Å². The molecule has 3 aromatic rings. The van der Waals surface area contributed by atoms with Gasteiger partial charge in [0.05, 0.1) is 6.26 Å². The highest BCUT2D eigenvalue weighted by molar-refractivity contribution is 7.20. The quantitative estimate of drug-likeness (QED) is 0.719. The second kappa shape index (κ2) is 6.96. The highest BCUT2D eigenvalue weighted by Gasteiger charge is 2.39. The molecule has 0 saturated heterocycles. The van der Waals surface area contributed by atoms with E-state index in [0.29, 0.717) is 11.3 Å². The van der Waals surface area contributed by atoms with Gasteiger partial charge in [0, 0.05) is 18.0 Å². The molecule has 0 aliphatic rings. The Morgan fingerprint density at radius 1 is 1.12 bits per heavy atom. The Kier molecular flexibility index (Phi) is 4.71. The summed E-state index contributed by atoms with van der Waals surface area (Å²) >= 11 is 0.675. The van der Waals surface area contributed by atoms with Crippen molar-refractivity contribution in [2.24, 2.45) is 0 Å². The molecule has 2 amide bonds. The summed E-state index contributed by atoms with van der Waals surface area (Å²) in [6, 6.07) is 5.90. The number of alkyl halides is 3. The molecule has 0 radical (unpaired) electrons. The lowest BCUT2D eigenvalue weighted by molar-refractivity contribution is -0.167. The zero-order chi connectivity index (χ0) is 18.7. The lowest BCUT2D eigenvalue weighted by Crippen LogP contribution is -2.29. The lowest BCUT2D eigenvalue weighted by Gasteiger charge is -2.06. The predicted molar refractivity (Wildman–Crippen MR) is 86.7 cm³/mol. The van der Waals surface area contributed by atoms with E-state index in [1.165, 1.54) is 42.9 Å². The van der Waals surface area contributed by atoms with Gasteiger partial charge in [0.2, 0.25) is 0 Å². The van der Waals surface area contributed by atoms with Crippen molar-refractivity contribution in [1.82, 2.24) is 9.97 Å². The van der Waals surface area contributed by atoms with Crippen molar-refractivity contribution < 1.29 is 27.2 Å². The Balaban J connectivity index is 1.89. The van der Waals surface area contributed by atoms with Crippen LogP contribution in [0.25, 0.3) is 11.5 Å². The van der Waals surface area contributed by atoms with E-state index < -0.39 is 18.0 Å². The number of carbonyl (C=O) groups excluding carboxylic acids is 2. The topological polar surface area (TPSA) is 97.1 Å². The molecular weight excluding hydrogens is 373 g/mol. The summed E-state index contributed by atoms with van der Waals surface area (Å²) in [5.41, 5.74) is 0.262. The Labute approximate surface area is 147 Å². The Morgan fingerprint density at radius 3 is 2.46 bits per heavy atom. The van der Waals surface area contributed by atoms with Crippen LogP contribution in [0.2, 0.25) is 0 Å². The van der Waals surface area contributed by atoms with Crippen LogP contribution in [0.4, 0.5) is 23.3 Å². The van der Waals surface area contributed by atoms with Crippen LogP contribution in [0.5, 0.6) is 0 Å². The van der Waals surface area contributed by atoms with Crippen LogP contribution in [0.3, 0.4) is 0 Å². The van der Waals surface area contributed by atoms with Crippen LogP contribution in [-0.2, 0) is 4.79 Å². The van der Waals surface area contributed by atoms with E-state index in [4.69, 9.17) is 4.42 Å². The molecule has 0 spiro atoms. The van der Waals surface area contributed by atoms with Gasteiger partial charge in [-0.05, 0) is 24.3 Å². The highest BCUT2D eigenvalue weighted by atomic mass is 32.1. The Bertz CT molecular complexity index is 924. The molecule has 0 aromatic carbocycles. The minimum absolute atomic E-state index is 0.00399. The van der Waals surface area contributed by atoms with Gasteiger partial charge in [-0.1, -0.05) is 11.3 Å². The fourth-order valence-corrected chi connectivity index (χ4v) is 2.75. The van der Waals surface area contributed by atoms with Crippen molar-refractivity contribution >= 4 is 33.3 Å².